The fraction of sp³-hybridized carbons (Fsp3) is 0.0769. The van der Waals surface area contributed by atoms with E-state index in [0.717, 1.165) is 6.07 Å². The van der Waals surface area contributed by atoms with Gasteiger partial charge in [0.1, 0.15) is 16.3 Å². The minimum absolute atomic E-state index is 0.159. The van der Waals surface area contributed by atoms with Gasteiger partial charge in [-0.05, 0) is 39.5 Å². The molecule has 102 valence electrons. The van der Waals surface area contributed by atoms with E-state index < -0.39 is 11.6 Å². The maximum absolute atomic E-state index is 13.9. The lowest BCUT2D eigenvalue weighted by molar-refractivity contribution is 0.537. The van der Waals surface area contributed by atoms with Crippen molar-refractivity contribution in [3.05, 3.63) is 61.9 Å². The minimum atomic E-state index is -0.705. The van der Waals surface area contributed by atoms with Crippen molar-refractivity contribution in [1.29, 1.82) is 0 Å². The fourth-order valence-corrected chi connectivity index (χ4v) is 3.04. The highest BCUT2D eigenvalue weighted by Gasteiger charge is 2.14. The molecule has 1 aromatic carbocycles. The summed E-state index contributed by atoms with van der Waals surface area (Å²) in [6.45, 7) is -0.198. The van der Waals surface area contributed by atoms with Crippen molar-refractivity contribution in [3.8, 4) is 0 Å². The molecule has 2 aromatic heterocycles. The molecule has 3 aromatic rings. The molecule has 0 radical (unpaired) electrons. The zero-order chi connectivity index (χ0) is 14.3. The summed E-state index contributed by atoms with van der Waals surface area (Å²) in [6.07, 6.45) is 1.30. The molecule has 0 saturated carbocycles. The Morgan fingerprint density at radius 3 is 2.90 bits per heavy atom. The van der Waals surface area contributed by atoms with Gasteiger partial charge < -0.3 is 0 Å². The molecular weight excluding hydrogens is 350 g/mol. The lowest BCUT2D eigenvalue weighted by Crippen LogP contribution is -2.21. The summed E-state index contributed by atoms with van der Waals surface area (Å²) in [5, 5.41) is 1.75. The summed E-state index contributed by atoms with van der Waals surface area (Å²) in [4.78, 5) is 16.3. The third-order valence-electron chi connectivity index (χ3n) is 2.90. The Labute approximate surface area is 124 Å². The summed E-state index contributed by atoms with van der Waals surface area (Å²) in [7, 11) is 0. The average Bonchev–Trinajstić information content (AvgIpc) is 2.91. The van der Waals surface area contributed by atoms with E-state index in [0.29, 0.717) is 10.2 Å². The Balaban J connectivity index is 2.12. The number of aromatic nitrogens is 2. The van der Waals surface area contributed by atoms with E-state index in [2.05, 4.69) is 20.9 Å². The molecule has 0 atom stereocenters. The Bertz CT molecular complexity index is 859. The molecule has 0 aliphatic rings. The van der Waals surface area contributed by atoms with Crippen molar-refractivity contribution in [2.24, 2.45) is 0 Å². The topological polar surface area (TPSA) is 34.9 Å². The molecule has 0 bridgehead atoms. The Morgan fingerprint density at radius 2 is 2.10 bits per heavy atom. The monoisotopic (exact) mass is 356 g/mol. The Hall–Kier alpha value is -1.60. The molecule has 20 heavy (non-hydrogen) atoms. The number of nitrogens with zero attached hydrogens (tertiary/aromatic N) is 2. The number of halogens is 3. The van der Waals surface area contributed by atoms with Gasteiger partial charge in [0.25, 0.3) is 5.56 Å². The second-order valence-electron chi connectivity index (χ2n) is 4.13. The third kappa shape index (κ3) is 2.16. The molecule has 3 rings (SSSR count). The van der Waals surface area contributed by atoms with Crippen LogP contribution in [0.2, 0.25) is 0 Å². The van der Waals surface area contributed by atoms with E-state index in [9.17, 15) is 13.6 Å². The van der Waals surface area contributed by atoms with Crippen molar-refractivity contribution < 1.29 is 8.78 Å². The first-order valence-corrected chi connectivity index (χ1v) is 7.30. The van der Waals surface area contributed by atoms with Crippen LogP contribution >= 0.6 is 27.3 Å². The molecule has 0 fully saturated rings. The molecule has 3 nitrogen and oxygen atoms in total. The van der Waals surface area contributed by atoms with Crippen LogP contribution in [0.1, 0.15) is 5.56 Å². The molecular formula is C13H7BrF2N2OS. The van der Waals surface area contributed by atoms with Crippen LogP contribution in [0, 0.1) is 11.6 Å². The predicted octanol–water partition coefficient (Wildman–Crippen LogP) is 3.55. The molecule has 2 heterocycles. The van der Waals surface area contributed by atoms with Gasteiger partial charge in [0.15, 0.2) is 0 Å². The highest BCUT2D eigenvalue weighted by Crippen LogP contribution is 2.22. The largest absolute Gasteiger partial charge is 0.293 e. The van der Waals surface area contributed by atoms with Crippen molar-refractivity contribution in [2.45, 2.75) is 6.54 Å². The maximum atomic E-state index is 13.9. The normalized spacial score (nSPS) is 11.2. The second kappa shape index (κ2) is 5.06. The molecule has 0 saturated heterocycles. The van der Waals surface area contributed by atoms with Gasteiger partial charge >= 0.3 is 0 Å². The Morgan fingerprint density at radius 1 is 1.30 bits per heavy atom. The highest BCUT2D eigenvalue weighted by atomic mass is 79.9. The predicted molar refractivity (Wildman–Crippen MR) is 77.0 cm³/mol. The molecule has 7 heteroatoms. The van der Waals surface area contributed by atoms with Crippen LogP contribution in [0.15, 0.2) is 39.2 Å². The SMILES string of the molecule is O=c1c2sccc2ncn1Cc1c(F)ccc(Br)c1F. The van der Waals surface area contributed by atoms with Crippen LogP contribution < -0.4 is 5.56 Å². The Kier molecular flexibility index (Phi) is 3.39. The summed E-state index contributed by atoms with van der Waals surface area (Å²) in [6, 6.07) is 4.17. The van der Waals surface area contributed by atoms with E-state index in [1.165, 1.54) is 28.3 Å². The standard InChI is InChI=1S/C13H7BrF2N2OS/c14-8-1-2-9(15)7(11(8)16)5-18-6-17-10-3-4-20-12(10)13(18)19/h1-4,6H,5H2. The van der Waals surface area contributed by atoms with Crippen LogP contribution in [0.25, 0.3) is 10.2 Å². The van der Waals surface area contributed by atoms with E-state index in [4.69, 9.17) is 0 Å². The zero-order valence-corrected chi connectivity index (χ0v) is 12.3. The van der Waals surface area contributed by atoms with Crippen molar-refractivity contribution in [3.63, 3.8) is 0 Å². The van der Waals surface area contributed by atoms with E-state index in [1.54, 1.807) is 11.4 Å². The van der Waals surface area contributed by atoms with E-state index in [-0.39, 0.29) is 22.1 Å². The summed E-state index contributed by atoms with van der Waals surface area (Å²) in [5.41, 5.74) is 0.120. The van der Waals surface area contributed by atoms with Gasteiger partial charge in [-0.1, -0.05) is 0 Å². The van der Waals surface area contributed by atoms with E-state index in [1.807, 2.05) is 0 Å². The van der Waals surface area contributed by atoms with Gasteiger partial charge in [0, 0.05) is 5.56 Å². The number of hydrogen-bond donors (Lipinski definition) is 0. The van der Waals surface area contributed by atoms with Gasteiger partial charge in [0.05, 0.1) is 22.9 Å². The van der Waals surface area contributed by atoms with Crippen LogP contribution in [0.3, 0.4) is 0 Å². The smallest absolute Gasteiger partial charge is 0.271 e. The van der Waals surface area contributed by atoms with Crippen LogP contribution in [-0.4, -0.2) is 9.55 Å². The minimum Gasteiger partial charge on any atom is -0.293 e. The number of fused-ring (bicyclic) bond motifs is 1. The van der Waals surface area contributed by atoms with Gasteiger partial charge in [-0.15, -0.1) is 11.3 Å². The van der Waals surface area contributed by atoms with Gasteiger partial charge in [0.2, 0.25) is 0 Å². The van der Waals surface area contributed by atoms with Crippen molar-refractivity contribution in [2.75, 3.05) is 0 Å². The van der Waals surface area contributed by atoms with Gasteiger partial charge in [-0.2, -0.15) is 0 Å². The summed E-state index contributed by atoms with van der Waals surface area (Å²) < 4.78 is 29.5. The number of thiophene rings is 1. The van der Waals surface area contributed by atoms with Crippen LogP contribution in [0.5, 0.6) is 0 Å². The van der Waals surface area contributed by atoms with Crippen LogP contribution in [-0.2, 0) is 6.54 Å². The molecule has 0 unspecified atom stereocenters. The summed E-state index contributed by atoms with van der Waals surface area (Å²) >= 11 is 4.26. The van der Waals surface area contributed by atoms with Crippen LogP contribution in [0.4, 0.5) is 8.78 Å². The average molecular weight is 357 g/mol. The number of hydrogen-bond acceptors (Lipinski definition) is 3. The molecule has 0 spiro atoms. The molecule has 0 amide bonds. The first kappa shape index (κ1) is 13.4. The first-order chi connectivity index (χ1) is 9.58. The zero-order valence-electron chi connectivity index (χ0n) is 9.94. The third-order valence-corrected chi connectivity index (χ3v) is 4.41. The van der Waals surface area contributed by atoms with Gasteiger partial charge in [-0.3, -0.25) is 9.36 Å². The first-order valence-electron chi connectivity index (χ1n) is 5.63. The molecule has 0 aliphatic heterocycles. The summed E-state index contributed by atoms with van der Waals surface area (Å²) in [5.74, 6) is -1.40. The maximum Gasteiger partial charge on any atom is 0.271 e. The second-order valence-corrected chi connectivity index (χ2v) is 5.90. The van der Waals surface area contributed by atoms with Gasteiger partial charge in [-0.25, -0.2) is 13.8 Å². The quantitative estimate of drug-likeness (QED) is 0.658. The van der Waals surface area contributed by atoms with Crippen molar-refractivity contribution in [1.82, 2.24) is 9.55 Å². The molecule has 0 N–H and O–H groups in total. The fourth-order valence-electron chi connectivity index (χ4n) is 1.88. The van der Waals surface area contributed by atoms with Crippen molar-refractivity contribution >= 4 is 37.5 Å². The lowest BCUT2D eigenvalue weighted by Gasteiger charge is -2.08. The highest BCUT2D eigenvalue weighted by molar-refractivity contribution is 9.10. The number of benzene rings is 1. The van der Waals surface area contributed by atoms with E-state index >= 15 is 0 Å². The molecule has 0 aliphatic carbocycles. The number of rotatable bonds is 2. The lowest BCUT2D eigenvalue weighted by atomic mass is 10.2.